The van der Waals surface area contributed by atoms with Crippen LogP contribution in [0.2, 0.25) is 0 Å². The molecule has 0 spiro atoms. The van der Waals surface area contributed by atoms with Gasteiger partial charge in [0.05, 0.1) is 11.3 Å². The Balaban J connectivity index is 1.66. The molecule has 136 valence electrons. The number of para-hydroxylation sites is 1. The van der Waals surface area contributed by atoms with Crippen LogP contribution in [-0.2, 0) is 0 Å². The van der Waals surface area contributed by atoms with Crippen molar-refractivity contribution in [2.45, 2.75) is 0 Å². The van der Waals surface area contributed by atoms with Crippen LogP contribution < -0.4 is 10.9 Å². The fraction of sp³-hybridized carbons (Fsp3) is 0. The van der Waals surface area contributed by atoms with E-state index >= 15 is 0 Å². The number of hydrogen-bond donors (Lipinski definition) is 1. The summed E-state index contributed by atoms with van der Waals surface area (Å²) in [5.41, 5.74) is 1.56. The molecule has 2 heterocycles. The Labute approximate surface area is 163 Å². The number of hydrogen-bond acceptors (Lipinski definition) is 6. The van der Waals surface area contributed by atoms with E-state index in [2.05, 4.69) is 16.4 Å². The van der Waals surface area contributed by atoms with E-state index in [1.165, 1.54) is 29.7 Å². The lowest BCUT2D eigenvalue weighted by molar-refractivity contribution is 0.563. The predicted molar refractivity (Wildman–Crippen MR) is 107 cm³/mol. The molecule has 0 amide bonds. The number of rotatable bonds is 4. The van der Waals surface area contributed by atoms with Crippen molar-refractivity contribution >= 4 is 33.6 Å². The third-order valence-electron chi connectivity index (χ3n) is 3.98. The van der Waals surface area contributed by atoms with Gasteiger partial charge >= 0.3 is 5.63 Å². The topological polar surface area (TPSA) is 78.9 Å². The lowest BCUT2D eigenvalue weighted by atomic mass is 10.1. The quantitative estimate of drug-likeness (QED) is 0.391. The van der Waals surface area contributed by atoms with Crippen LogP contribution in [0.5, 0.6) is 0 Å². The first-order chi connectivity index (χ1) is 13.6. The summed E-state index contributed by atoms with van der Waals surface area (Å²) >= 11 is 1.23. The summed E-state index contributed by atoms with van der Waals surface area (Å²) in [7, 11) is 0. The van der Waals surface area contributed by atoms with Gasteiger partial charge < -0.3 is 9.73 Å². The average molecular weight is 389 g/mol. The molecule has 0 atom stereocenters. The number of benzene rings is 2. The number of allylic oxidation sites excluding steroid dienone is 1. The molecule has 2 aromatic heterocycles. The summed E-state index contributed by atoms with van der Waals surface area (Å²) in [6.45, 7) is 0. The Kier molecular flexibility index (Phi) is 4.70. The van der Waals surface area contributed by atoms with E-state index in [1.807, 2.05) is 12.1 Å². The fourth-order valence-corrected chi connectivity index (χ4v) is 3.42. The Morgan fingerprint density at radius 2 is 2.07 bits per heavy atom. The van der Waals surface area contributed by atoms with Crippen molar-refractivity contribution in [3.8, 4) is 17.3 Å². The summed E-state index contributed by atoms with van der Waals surface area (Å²) in [6, 6.07) is 16.9. The average Bonchev–Trinajstić information content (AvgIpc) is 3.18. The summed E-state index contributed by atoms with van der Waals surface area (Å²) < 4.78 is 18.6. The third kappa shape index (κ3) is 3.54. The van der Waals surface area contributed by atoms with Crippen LogP contribution in [0.15, 0.2) is 75.4 Å². The van der Waals surface area contributed by atoms with Crippen LogP contribution in [0, 0.1) is 17.1 Å². The molecule has 5 nitrogen and oxygen atoms in total. The molecule has 0 bridgehead atoms. The Morgan fingerprint density at radius 3 is 2.89 bits per heavy atom. The maximum absolute atomic E-state index is 13.3. The van der Waals surface area contributed by atoms with Crippen LogP contribution in [0.4, 0.5) is 10.1 Å². The summed E-state index contributed by atoms with van der Waals surface area (Å²) in [4.78, 5) is 16.7. The molecule has 0 fully saturated rings. The smallest absolute Gasteiger partial charge is 0.345 e. The molecule has 0 saturated heterocycles. The number of halogens is 1. The zero-order valence-corrected chi connectivity index (χ0v) is 15.2. The summed E-state index contributed by atoms with van der Waals surface area (Å²) in [5.74, 6) is -0.378. The Hall–Kier alpha value is -3.76. The first-order valence-electron chi connectivity index (χ1n) is 8.25. The predicted octanol–water partition coefficient (Wildman–Crippen LogP) is 5.03. The number of nitriles is 1. The highest BCUT2D eigenvalue weighted by atomic mass is 32.1. The number of anilines is 1. The largest absolute Gasteiger partial charge is 0.422 e. The minimum Gasteiger partial charge on any atom is -0.422 e. The van der Waals surface area contributed by atoms with E-state index in [-0.39, 0.29) is 11.4 Å². The number of nitrogens with one attached hydrogen (secondary N) is 1. The highest BCUT2D eigenvalue weighted by Crippen LogP contribution is 2.26. The van der Waals surface area contributed by atoms with Crippen molar-refractivity contribution in [2.24, 2.45) is 0 Å². The SMILES string of the molecule is N#C/C(=C/Nc1cccc(F)c1)c1nc(-c2cc3ccccc3oc2=O)cs1. The van der Waals surface area contributed by atoms with E-state index in [9.17, 15) is 14.4 Å². The number of nitrogens with zero attached hydrogens (tertiary/aromatic N) is 2. The first kappa shape index (κ1) is 17.6. The molecule has 4 rings (SSSR count). The molecule has 0 aliphatic heterocycles. The van der Waals surface area contributed by atoms with Gasteiger partial charge in [0.1, 0.15) is 28.1 Å². The third-order valence-corrected chi connectivity index (χ3v) is 4.86. The maximum Gasteiger partial charge on any atom is 0.345 e. The maximum atomic E-state index is 13.3. The van der Waals surface area contributed by atoms with Crippen molar-refractivity contribution in [1.82, 2.24) is 4.98 Å². The van der Waals surface area contributed by atoms with E-state index in [0.29, 0.717) is 27.5 Å². The van der Waals surface area contributed by atoms with Gasteiger partial charge in [-0.15, -0.1) is 11.3 Å². The van der Waals surface area contributed by atoms with E-state index < -0.39 is 5.63 Å². The first-order valence-corrected chi connectivity index (χ1v) is 9.13. The monoisotopic (exact) mass is 389 g/mol. The van der Waals surface area contributed by atoms with Gasteiger partial charge in [-0.2, -0.15) is 5.26 Å². The van der Waals surface area contributed by atoms with Gasteiger partial charge in [0.25, 0.3) is 0 Å². The lowest BCUT2D eigenvalue weighted by Crippen LogP contribution is -2.02. The number of aromatic nitrogens is 1. The van der Waals surface area contributed by atoms with Gasteiger partial charge in [0, 0.05) is 22.7 Å². The minimum absolute atomic E-state index is 0.269. The molecular weight excluding hydrogens is 377 g/mol. The molecular formula is C21H12FN3O2S. The van der Waals surface area contributed by atoms with Crippen molar-refractivity contribution in [3.63, 3.8) is 0 Å². The Morgan fingerprint density at radius 1 is 1.21 bits per heavy atom. The zero-order chi connectivity index (χ0) is 19.5. The molecule has 0 aliphatic carbocycles. The second-order valence-corrected chi connectivity index (χ2v) is 6.71. The zero-order valence-electron chi connectivity index (χ0n) is 14.3. The molecule has 28 heavy (non-hydrogen) atoms. The summed E-state index contributed by atoms with van der Waals surface area (Å²) in [6.07, 6.45) is 1.46. The van der Waals surface area contributed by atoms with Crippen molar-refractivity contribution in [1.29, 1.82) is 5.26 Å². The molecule has 0 unspecified atom stereocenters. The van der Waals surface area contributed by atoms with E-state index in [1.54, 1.807) is 35.7 Å². The van der Waals surface area contributed by atoms with Gasteiger partial charge in [-0.25, -0.2) is 14.2 Å². The lowest BCUT2D eigenvalue weighted by Gasteiger charge is -2.01. The molecule has 7 heteroatoms. The van der Waals surface area contributed by atoms with Crippen LogP contribution in [0.3, 0.4) is 0 Å². The summed E-state index contributed by atoms with van der Waals surface area (Å²) in [5, 5.41) is 15.2. The normalized spacial score (nSPS) is 11.4. The standard InChI is InChI=1S/C21H12FN3O2S/c22-15-5-3-6-16(9-15)24-11-14(10-23)20-25-18(12-28-20)17-8-13-4-1-2-7-19(13)27-21(17)26/h1-9,11-12,24H/b14-11-. The van der Waals surface area contributed by atoms with Crippen molar-refractivity contribution in [2.75, 3.05) is 5.32 Å². The van der Waals surface area contributed by atoms with Gasteiger partial charge in [-0.05, 0) is 30.3 Å². The van der Waals surface area contributed by atoms with Gasteiger partial charge in [0.15, 0.2) is 0 Å². The Bertz CT molecular complexity index is 1300. The minimum atomic E-state index is -0.490. The van der Waals surface area contributed by atoms with E-state index in [0.717, 1.165) is 5.39 Å². The number of fused-ring (bicyclic) bond motifs is 1. The van der Waals surface area contributed by atoms with Crippen LogP contribution in [-0.4, -0.2) is 4.98 Å². The second-order valence-electron chi connectivity index (χ2n) is 5.85. The van der Waals surface area contributed by atoms with Crippen molar-refractivity contribution < 1.29 is 8.81 Å². The highest BCUT2D eigenvalue weighted by Gasteiger charge is 2.13. The van der Waals surface area contributed by atoms with Crippen molar-refractivity contribution in [3.05, 3.63) is 87.4 Å². The highest BCUT2D eigenvalue weighted by molar-refractivity contribution is 7.11. The van der Waals surface area contributed by atoms with Crippen LogP contribution in [0.1, 0.15) is 5.01 Å². The van der Waals surface area contributed by atoms with Crippen LogP contribution >= 0.6 is 11.3 Å². The molecule has 2 aromatic carbocycles. The van der Waals surface area contributed by atoms with E-state index in [4.69, 9.17) is 4.42 Å². The van der Waals surface area contributed by atoms with Gasteiger partial charge in [-0.3, -0.25) is 0 Å². The number of thiazole rings is 1. The second kappa shape index (κ2) is 7.47. The molecule has 4 aromatic rings. The van der Waals surface area contributed by atoms with Gasteiger partial charge in [0.2, 0.25) is 0 Å². The molecule has 0 saturated carbocycles. The molecule has 1 N–H and O–H groups in total. The van der Waals surface area contributed by atoms with Gasteiger partial charge in [-0.1, -0.05) is 24.3 Å². The molecule has 0 radical (unpaired) electrons. The molecule has 0 aliphatic rings. The fourth-order valence-electron chi connectivity index (χ4n) is 2.64. The van der Waals surface area contributed by atoms with Crippen LogP contribution in [0.25, 0.3) is 27.8 Å².